The number of nitrogens with two attached hydrogens (primary N) is 1. The Hall–Kier alpha value is -2.95. The van der Waals surface area contributed by atoms with E-state index in [0.29, 0.717) is 17.8 Å². The van der Waals surface area contributed by atoms with Gasteiger partial charge in [0.05, 0.1) is 5.97 Å². The SMILES string of the molecule is C[C@@H](Sc1nc(N)c(NC(=O)c2ccc(F)c(F)c2)c(=O)[nH]1)C(=O)[O-]. The van der Waals surface area contributed by atoms with Crippen molar-refractivity contribution in [3.63, 3.8) is 0 Å². The molecule has 0 saturated carbocycles. The fourth-order valence-electron chi connectivity index (χ4n) is 1.68. The third-order valence-electron chi connectivity index (χ3n) is 2.97. The number of aliphatic carboxylic acids is 1. The molecule has 0 bridgehead atoms. The summed E-state index contributed by atoms with van der Waals surface area (Å²) in [7, 11) is 0. The zero-order valence-corrected chi connectivity index (χ0v) is 13.4. The van der Waals surface area contributed by atoms with Crippen LogP contribution in [0.2, 0.25) is 0 Å². The number of aromatic nitrogens is 2. The number of H-pyrrole nitrogens is 1. The largest absolute Gasteiger partial charge is 0.549 e. The highest BCUT2D eigenvalue weighted by molar-refractivity contribution is 8.00. The number of carboxylic acids is 1. The maximum absolute atomic E-state index is 13.2. The Morgan fingerprint density at radius 2 is 2.04 bits per heavy atom. The number of nitrogens with one attached hydrogen (secondary N) is 2. The number of carbonyl (C=O) groups is 2. The van der Waals surface area contributed by atoms with Crippen LogP contribution in [0.15, 0.2) is 28.2 Å². The van der Waals surface area contributed by atoms with Gasteiger partial charge in [-0.05, 0) is 25.1 Å². The fraction of sp³-hybridized carbons (Fsp3) is 0.143. The molecule has 2 rings (SSSR count). The second-order valence-corrected chi connectivity index (χ2v) is 6.12. The van der Waals surface area contributed by atoms with E-state index in [1.807, 2.05) is 0 Å². The highest BCUT2D eigenvalue weighted by atomic mass is 32.2. The predicted molar refractivity (Wildman–Crippen MR) is 83.9 cm³/mol. The normalized spacial score (nSPS) is 11.8. The van der Waals surface area contributed by atoms with Gasteiger partial charge in [-0.1, -0.05) is 11.8 Å². The predicted octanol–water partition coefficient (Wildman–Crippen LogP) is 0.113. The Bertz CT molecular complexity index is 903. The number of benzene rings is 1. The van der Waals surface area contributed by atoms with Crippen LogP contribution in [0.4, 0.5) is 20.3 Å². The molecule has 1 aromatic carbocycles. The van der Waals surface area contributed by atoms with Crippen molar-refractivity contribution >= 4 is 35.1 Å². The molecule has 4 N–H and O–H groups in total. The second-order valence-electron chi connectivity index (χ2n) is 4.79. The Morgan fingerprint density at radius 1 is 1.36 bits per heavy atom. The third-order valence-corrected chi connectivity index (χ3v) is 3.93. The maximum atomic E-state index is 13.2. The number of hydrogen-bond donors (Lipinski definition) is 3. The molecule has 1 heterocycles. The van der Waals surface area contributed by atoms with E-state index in [1.54, 1.807) is 0 Å². The van der Waals surface area contributed by atoms with Crippen molar-refractivity contribution in [3.8, 4) is 0 Å². The van der Waals surface area contributed by atoms with Crippen LogP contribution in [0.25, 0.3) is 0 Å². The van der Waals surface area contributed by atoms with Gasteiger partial charge in [-0.25, -0.2) is 13.8 Å². The van der Waals surface area contributed by atoms with Gasteiger partial charge < -0.3 is 21.0 Å². The van der Waals surface area contributed by atoms with Gasteiger partial charge in [0, 0.05) is 10.8 Å². The van der Waals surface area contributed by atoms with Crippen molar-refractivity contribution in [2.24, 2.45) is 0 Å². The quantitative estimate of drug-likeness (QED) is 0.502. The zero-order valence-electron chi connectivity index (χ0n) is 12.6. The first-order chi connectivity index (χ1) is 11.7. The molecule has 0 radical (unpaired) electrons. The van der Waals surface area contributed by atoms with Gasteiger partial charge in [0.25, 0.3) is 11.5 Å². The molecule has 0 aliphatic carbocycles. The van der Waals surface area contributed by atoms with Crippen LogP contribution >= 0.6 is 11.8 Å². The summed E-state index contributed by atoms with van der Waals surface area (Å²) >= 11 is 0.695. The summed E-state index contributed by atoms with van der Waals surface area (Å²) < 4.78 is 26.0. The van der Waals surface area contributed by atoms with Gasteiger partial charge in [-0.3, -0.25) is 14.6 Å². The third kappa shape index (κ3) is 4.32. The van der Waals surface area contributed by atoms with Gasteiger partial charge in [0.2, 0.25) is 0 Å². The summed E-state index contributed by atoms with van der Waals surface area (Å²) in [6.07, 6.45) is 0. The number of aromatic amines is 1. The number of nitrogens with zero attached hydrogens (tertiary/aromatic N) is 1. The molecule has 0 spiro atoms. The number of hydrogen-bond acceptors (Lipinski definition) is 7. The Balaban J connectivity index is 2.25. The van der Waals surface area contributed by atoms with Crippen LogP contribution in [0.5, 0.6) is 0 Å². The number of rotatable bonds is 5. The molecule has 2 aromatic rings. The minimum absolute atomic E-state index is 0.0787. The Labute approximate surface area is 143 Å². The molecular weight excluding hydrogens is 358 g/mol. The van der Waals surface area contributed by atoms with Gasteiger partial charge in [0.15, 0.2) is 22.6 Å². The maximum Gasteiger partial charge on any atom is 0.277 e. The topological polar surface area (TPSA) is 141 Å². The van der Waals surface area contributed by atoms with Crippen LogP contribution in [0, 0.1) is 11.6 Å². The lowest BCUT2D eigenvalue weighted by atomic mass is 10.2. The summed E-state index contributed by atoms with van der Waals surface area (Å²) in [6, 6.07) is 2.45. The van der Waals surface area contributed by atoms with Crippen molar-refractivity contribution in [2.45, 2.75) is 17.3 Å². The molecule has 0 aliphatic rings. The average Bonchev–Trinajstić information content (AvgIpc) is 2.53. The van der Waals surface area contributed by atoms with Crippen molar-refractivity contribution in [3.05, 3.63) is 45.8 Å². The molecule has 25 heavy (non-hydrogen) atoms. The van der Waals surface area contributed by atoms with E-state index in [0.717, 1.165) is 12.1 Å². The van der Waals surface area contributed by atoms with Gasteiger partial charge in [0.1, 0.15) is 5.69 Å². The van der Waals surface area contributed by atoms with Crippen LogP contribution < -0.4 is 21.7 Å². The molecule has 1 atom stereocenters. The molecule has 8 nitrogen and oxygen atoms in total. The van der Waals surface area contributed by atoms with Crippen LogP contribution in [-0.4, -0.2) is 27.1 Å². The summed E-state index contributed by atoms with van der Waals surface area (Å²) in [5.74, 6) is -4.98. The molecule has 1 aromatic heterocycles. The highest BCUT2D eigenvalue weighted by Gasteiger charge is 2.16. The molecule has 0 fully saturated rings. The first-order valence-electron chi connectivity index (χ1n) is 6.72. The van der Waals surface area contributed by atoms with E-state index >= 15 is 0 Å². The van der Waals surface area contributed by atoms with Crippen molar-refractivity contribution in [1.82, 2.24) is 9.97 Å². The Kier molecular flexibility index (Phi) is 5.37. The van der Waals surface area contributed by atoms with Crippen molar-refractivity contribution < 1.29 is 23.5 Å². The number of amides is 1. The smallest absolute Gasteiger partial charge is 0.277 e. The average molecular weight is 369 g/mol. The number of thioether (sulfide) groups is 1. The number of anilines is 2. The van der Waals surface area contributed by atoms with Crippen molar-refractivity contribution in [1.29, 1.82) is 0 Å². The monoisotopic (exact) mass is 369 g/mol. The Morgan fingerprint density at radius 3 is 2.60 bits per heavy atom. The van der Waals surface area contributed by atoms with Gasteiger partial charge in [-0.15, -0.1) is 0 Å². The zero-order chi connectivity index (χ0) is 18.7. The van der Waals surface area contributed by atoms with E-state index in [2.05, 4.69) is 15.3 Å². The minimum Gasteiger partial charge on any atom is -0.549 e. The summed E-state index contributed by atoms with van der Waals surface area (Å²) in [5, 5.41) is 11.8. The lowest BCUT2D eigenvalue weighted by molar-refractivity contribution is -0.304. The highest BCUT2D eigenvalue weighted by Crippen LogP contribution is 2.21. The number of halogens is 2. The molecule has 132 valence electrons. The van der Waals surface area contributed by atoms with E-state index in [-0.39, 0.29) is 16.5 Å². The summed E-state index contributed by atoms with van der Waals surface area (Å²) in [4.78, 5) is 40.7. The number of nitrogen functional groups attached to an aromatic ring is 1. The summed E-state index contributed by atoms with van der Waals surface area (Å²) in [5.41, 5.74) is 4.12. The summed E-state index contributed by atoms with van der Waals surface area (Å²) in [6.45, 7) is 1.33. The molecule has 0 aliphatic heterocycles. The molecule has 1 amide bonds. The van der Waals surface area contributed by atoms with Gasteiger partial charge >= 0.3 is 0 Å². The van der Waals surface area contributed by atoms with Crippen LogP contribution in [-0.2, 0) is 4.79 Å². The van der Waals surface area contributed by atoms with E-state index in [1.165, 1.54) is 6.92 Å². The van der Waals surface area contributed by atoms with E-state index in [4.69, 9.17) is 5.73 Å². The standard InChI is InChI=1S/C14H12F2N4O4S/c1-5(13(23)24)25-14-19-10(17)9(12(22)20-14)18-11(21)6-2-3-7(15)8(16)4-6/h2-5H,1H3,(H,18,21)(H,23,24)(H3,17,19,20,22)/p-1/t5-/m1/s1. The minimum atomic E-state index is -1.36. The first-order valence-corrected chi connectivity index (χ1v) is 7.60. The van der Waals surface area contributed by atoms with E-state index in [9.17, 15) is 28.3 Å². The van der Waals surface area contributed by atoms with Crippen LogP contribution in [0.3, 0.4) is 0 Å². The molecule has 0 unspecified atom stereocenters. The molecule has 11 heteroatoms. The van der Waals surface area contributed by atoms with Crippen molar-refractivity contribution in [2.75, 3.05) is 11.1 Å². The van der Waals surface area contributed by atoms with E-state index < -0.39 is 40.0 Å². The van der Waals surface area contributed by atoms with Crippen LogP contribution in [0.1, 0.15) is 17.3 Å². The first kappa shape index (κ1) is 18.4. The number of carbonyl (C=O) groups excluding carboxylic acids is 2. The lowest BCUT2D eigenvalue weighted by Gasteiger charge is -2.12. The lowest BCUT2D eigenvalue weighted by Crippen LogP contribution is -2.31. The van der Waals surface area contributed by atoms with Gasteiger partial charge in [-0.2, -0.15) is 0 Å². The molecule has 0 saturated heterocycles. The molecular formula is C14H11F2N4O4S-. The number of carboxylic acid groups (broad SMARTS) is 1. The second kappa shape index (κ2) is 7.30. The fourth-order valence-corrected chi connectivity index (χ4v) is 2.42.